The molecule has 1 aromatic carbocycles. The maximum Gasteiger partial charge on any atom is 0.494 e. The van der Waals surface area contributed by atoms with Gasteiger partial charge in [0.25, 0.3) is 0 Å². The standard InChI is InChI=1S/C14H23BN2O2/c1-13(2)14(3,4)19-15(18-13)10-7-8-12(17(5)6)11(16)9-10/h7-9H,16H2,1-6H3. The van der Waals surface area contributed by atoms with Gasteiger partial charge in [0.2, 0.25) is 0 Å². The lowest BCUT2D eigenvalue weighted by molar-refractivity contribution is 0.00578. The molecular formula is C14H23BN2O2. The van der Waals surface area contributed by atoms with Crippen LogP contribution in [0, 0.1) is 0 Å². The number of rotatable bonds is 2. The van der Waals surface area contributed by atoms with Crippen LogP contribution in [0.3, 0.4) is 0 Å². The fourth-order valence-corrected chi connectivity index (χ4v) is 2.11. The monoisotopic (exact) mass is 262 g/mol. The molecule has 2 N–H and O–H groups in total. The van der Waals surface area contributed by atoms with Gasteiger partial charge in [-0.15, -0.1) is 0 Å². The zero-order valence-corrected chi connectivity index (χ0v) is 12.7. The lowest BCUT2D eigenvalue weighted by atomic mass is 9.79. The van der Waals surface area contributed by atoms with Gasteiger partial charge in [0, 0.05) is 14.1 Å². The van der Waals surface area contributed by atoms with E-state index in [2.05, 4.69) is 0 Å². The fourth-order valence-electron chi connectivity index (χ4n) is 2.11. The zero-order valence-electron chi connectivity index (χ0n) is 12.7. The van der Waals surface area contributed by atoms with Crippen LogP contribution >= 0.6 is 0 Å². The molecule has 0 atom stereocenters. The largest absolute Gasteiger partial charge is 0.494 e. The third-order valence-corrected chi connectivity index (χ3v) is 4.06. The summed E-state index contributed by atoms with van der Waals surface area (Å²) in [5.74, 6) is 0. The lowest BCUT2D eigenvalue weighted by Crippen LogP contribution is -2.41. The van der Waals surface area contributed by atoms with Gasteiger partial charge in [0.05, 0.1) is 22.6 Å². The van der Waals surface area contributed by atoms with Crippen LogP contribution in [0.1, 0.15) is 27.7 Å². The minimum absolute atomic E-state index is 0.327. The predicted molar refractivity (Wildman–Crippen MR) is 80.9 cm³/mol. The third-order valence-electron chi connectivity index (χ3n) is 4.06. The van der Waals surface area contributed by atoms with Crippen molar-refractivity contribution in [1.82, 2.24) is 0 Å². The molecule has 4 nitrogen and oxygen atoms in total. The van der Waals surface area contributed by atoms with Gasteiger partial charge < -0.3 is 19.9 Å². The molecule has 0 radical (unpaired) electrons. The van der Waals surface area contributed by atoms with Crippen molar-refractivity contribution in [3.05, 3.63) is 18.2 Å². The van der Waals surface area contributed by atoms with E-state index in [0.717, 1.165) is 16.8 Å². The summed E-state index contributed by atoms with van der Waals surface area (Å²) in [6.07, 6.45) is 0. The van der Waals surface area contributed by atoms with E-state index in [1.807, 2.05) is 64.9 Å². The first-order valence-corrected chi connectivity index (χ1v) is 6.56. The van der Waals surface area contributed by atoms with E-state index in [0.29, 0.717) is 0 Å². The molecule has 0 unspecified atom stereocenters. The molecule has 0 saturated carbocycles. The Labute approximate surface area is 116 Å². The predicted octanol–water partition coefficient (Wildman–Crippen LogP) is 1.63. The molecule has 2 rings (SSSR count). The average Bonchev–Trinajstić information content (AvgIpc) is 2.47. The quantitative estimate of drug-likeness (QED) is 0.650. The molecule has 104 valence electrons. The molecule has 1 aliphatic rings. The third kappa shape index (κ3) is 2.45. The Bertz CT molecular complexity index is 470. The molecular weight excluding hydrogens is 239 g/mol. The molecule has 1 aliphatic heterocycles. The van der Waals surface area contributed by atoms with E-state index in [4.69, 9.17) is 15.0 Å². The van der Waals surface area contributed by atoms with Crippen molar-refractivity contribution in [3.8, 4) is 0 Å². The summed E-state index contributed by atoms with van der Waals surface area (Å²) in [6, 6.07) is 5.93. The van der Waals surface area contributed by atoms with Crippen molar-refractivity contribution in [3.63, 3.8) is 0 Å². The molecule has 0 bridgehead atoms. The van der Waals surface area contributed by atoms with Crippen LogP contribution in [0.4, 0.5) is 11.4 Å². The first kappa shape index (κ1) is 14.2. The Morgan fingerprint density at radius 3 is 2.00 bits per heavy atom. The van der Waals surface area contributed by atoms with Crippen molar-refractivity contribution in [2.75, 3.05) is 24.7 Å². The summed E-state index contributed by atoms with van der Waals surface area (Å²) >= 11 is 0. The number of benzene rings is 1. The molecule has 19 heavy (non-hydrogen) atoms. The average molecular weight is 262 g/mol. The second-order valence-corrected chi connectivity index (χ2v) is 6.30. The van der Waals surface area contributed by atoms with Gasteiger partial charge in [0.15, 0.2) is 0 Å². The number of nitrogens with two attached hydrogens (primary N) is 1. The maximum absolute atomic E-state index is 6.07. The van der Waals surface area contributed by atoms with Crippen molar-refractivity contribution in [2.24, 2.45) is 0 Å². The summed E-state index contributed by atoms with van der Waals surface area (Å²) in [7, 11) is 3.59. The number of hydrogen-bond donors (Lipinski definition) is 1. The van der Waals surface area contributed by atoms with Crippen LogP contribution in [0.2, 0.25) is 0 Å². The first-order chi connectivity index (χ1) is 8.64. The number of nitrogen functional groups attached to an aromatic ring is 1. The minimum atomic E-state index is -0.358. The molecule has 0 aliphatic carbocycles. The van der Waals surface area contributed by atoms with Crippen LogP contribution in [-0.2, 0) is 9.31 Å². The van der Waals surface area contributed by atoms with Gasteiger partial charge in [-0.2, -0.15) is 0 Å². The molecule has 0 amide bonds. The Hall–Kier alpha value is -1.20. The van der Waals surface area contributed by atoms with Crippen LogP contribution in [0.5, 0.6) is 0 Å². The van der Waals surface area contributed by atoms with E-state index in [-0.39, 0.29) is 18.3 Å². The Morgan fingerprint density at radius 2 is 1.58 bits per heavy atom. The number of anilines is 2. The number of nitrogens with zero attached hydrogens (tertiary/aromatic N) is 1. The first-order valence-electron chi connectivity index (χ1n) is 6.56. The van der Waals surface area contributed by atoms with Crippen LogP contribution in [-0.4, -0.2) is 32.4 Å². The van der Waals surface area contributed by atoms with Gasteiger partial charge in [-0.1, -0.05) is 6.07 Å². The summed E-state index contributed by atoms with van der Waals surface area (Å²) in [4.78, 5) is 1.99. The second kappa shape index (κ2) is 4.42. The summed E-state index contributed by atoms with van der Waals surface area (Å²) in [5.41, 5.74) is 8.11. The van der Waals surface area contributed by atoms with Crippen LogP contribution in [0.25, 0.3) is 0 Å². The second-order valence-electron chi connectivity index (χ2n) is 6.30. The minimum Gasteiger partial charge on any atom is -0.399 e. The summed E-state index contributed by atoms with van der Waals surface area (Å²) < 4.78 is 12.0. The highest BCUT2D eigenvalue weighted by Crippen LogP contribution is 2.36. The van der Waals surface area contributed by atoms with Gasteiger partial charge in [-0.05, 0) is 45.3 Å². The normalized spacial score (nSPS) is 20.6. The van der Waals surface area contributed by atoms with E-state index in [1.165, 1.54) is 0 Å². The van der Waals surface area contributed by atoms with E-state index < -0.39 is 0 Å². The lowest BCUT2D eigenvalue weighted by Gasteiger charge is -2.32. The summed E-state index contributed by atoms with van der Waals surface area (Å²) in [6.45, 7) is 8.18. The van der Waals surface area contributed by atoms with Crippen LogP contribution < -0.4 is 16.1 Å². The van der Waals surface area contributed by atoms with Crippen molar-refractivity contribution < 1.29 is 9.31 Å². The molecule has 1 heterocycles. The van der Waals surface area contributed by atoms with Gasteiger partial charge in [-0.3, -0.25) is 0 Å². The topological polar surface area (TPSA) is 47.7 Å². The molecule has 0 aromatic heterocycles. The van der Waals surface area contributed by atoms with Crippen molar-refractivity contribution >= 4 is 24.0 Å². The van der Waals surface area contributed by atoms with Crippen LogP contribution in [0.15, 0.2) is 18.2 Å². The van der Waals surface area contributed by atoms with E-state index in [9.17, 15) is 0 Å². The van der Waals surface area contributed by atoms with E-state index >= 15 is 0 Å². The number of hydrogen-bond acceptors (Lipinski definition) is 4. The highest BCUT2D eigenvalue weighted by atomic mass is 16.7. The summed E-state index contributed by atoms with van der Waals surface area (Å²) in [5, 5.41) is 0. The van der Waals surface area contributed by atoms with Gasteiger partial charge in [0.1, 0.15) is 0 Å². The Balaban J connectivity index is 2.28. The molecule has 5 heteroatoms. The Morgan fingerprint density at radius 1 is 1.05 bits per heavy atom. The highest BCUT2D eigenvalue weighted by Gasteiger charge is 2.51. The van der Waals surface area contributed by atoms with Gasteiger partial charge in [-0.25, -0.2) is 0 Å². The molecule has 1 saturated heterocycles. The van der Waals surface area contributed by atoms with Crippen molar-refractivity contribution in [2.45, 2.75) is 38.9 Å². The Kier molecular flexibility index (Phi) is 3.31. The molecule has 1 aromatic rings. The fraction of sp³-hybridized carbons (Fsp3) is 0.571. The highest BCUT2D eigenvalue weighted by molar-refractivity contribution is 6.62. The zero-order chi connectivity index (χ0) is 14.4. The van der Waals surface area contributed by atoms with Gasteiger partial charge >= 0.3 is 7.12 Å². The molecule has 0 spiro atoms. The SMILES string of the molecule is CN(C)c1ccc(B2OC(C)(C)C(C)(C)O2)cc1N. The van der Waals surface area contributed by atoms with Crippen molar-refractivity contribution in [1.29, 1.82) is 0 Å². The molecule has 1 fully saturated rings. The maximum atomic E-state index is 6.07. The smallest absolute Gasteiger partial charge is 0.399 e. The van der Waals surface area contributed by atoms with E-state index in [1.54, 1.807) is 0 Å².